The molecule has 164 valence electrons. The van der Waals surface area contributed by atoms with Gasteiger partial charge < -0.3 is 4.90 Å². The summed E-state index contributed by atoms with van der Waals surface area (Å²) < 4.78 is 13.9. The Hall–Kier alpha value is -2.99. The van der Waals surface area contributed by atoms with Crippen molar-refractivity contribution in [2.45, 2.75) is 38.4 Å². The number of halogens is 2. The summed E-state index contributed by atoms with van der Waals surface area (Å²) in [5, 5.41) is 0.292. The molecule has 5 rings (SSSR count). The monoisotopic (exact) mass is 452 g/mol. The van der Waals surface area contributed by atoms with Crippen LogP contribution in [-0.2, 0) is 9.59 Å². The number of carbonyl (C=O) groups is 3. The second-order valence-electron chi connectivity index (χ2n) is 8.60. The second-order valence-corrected chi connectivity index (χ2v) is 9.01. The number of benzene rings is 2. The molecule has 0 spiro atoms. The molecule has 3 aliphatic rings. The van der Waals surface area contributed by atoms with Gasteiger partial charge in [-0.05, 0) is 43.7 Å². The van der Waals surface area contributed by atoms with Crippen molar-refractivity contribution in [3.8, 4) is 0 Å². The fourth-order valence-electron chi connectivity index (χ4n) is 5.30. The number of amides is 2. The van der Waals surface area contributed by atoms with Crippen LogP contribution in [0.2, 0.25) is 5.02 Å². The first kappa shape index (κ1) is 20.9. The standard InChI is InChI=1S/C25H22ClFN2O3/c1-3-13(2)28-24(31)20-19-10-8-14-12-15(27)9-11-18(14)29(19)22(21(20)25(28)32)23(30)16-6-4-5-7-17(16)26/h4-13,19-22H,3H2,1-2H3/t13-,19-,20-,21-,22-/m0/s1. The third-order valence-corrected chi connectivity index (χ3v) is 7.27. The largest absolute Gasteiger partial charge is 0.352 e. The predicted molar refractivity (Wildman–Crippen MR) is 120 cm³/mol. The highest BCUT2D eigenvalue weighted by atomic mass is 35.5. The summed E-state index contributed by atoms with van der Waals surface area (Å²) >= 11 is 6.34. The van der Waals surface area contributed by atoms with E-state index in [2.05, 4.69) is 0 Å². The van der Waals surface area contributed by atoms with Crippen LogP contribution in [0.15, 0.2) is 48.5 Å². The number of Topliss-reactive ketones (excluding diaryl/α,β-unsaturated/α-hetero) is 1. The lowest BCUT2D eigenvalue weighted by Crippen LogP contribution is -2.50. The predicted octanol–water partition coefficient (Wildman–Crippen LogP) is 4.35. The molecule has 3 heterocycles. The summed E-state index contributed by atoms with van der Waals surface area (Å²) in [6, 6.07) is 9.40. The zero-order chi connectivity index (χ0) is 22.7. The second kappa shape index (κ2) is 7.55. The van der Waals surface area contributed by atoms with Crippen LogP contribution in [0.5, 0.6) is 0 Å². The van der Waals surface area contributed by atoms with Crippen molar-refractivity contribution >= 4 is 41.0 Å². The fourth-order valence-corrected chi connectivity index (χ4v) is 5.53. The molecule has 3 aliphatic heterocycles. The summed E-state index contributed by atoms with van der Waals surface area (Å²) in [7, 11) is 0. The maximum absolute atomic E-state index is 13.9. The number of anilines is 1. The molecular formula is C25H22ClFN2O3. The minimum atomic E-state index is -0.912. The van der Waals surface area contributed by atoms with Gasteiger partial charge in [0.2, 0.25) is 11.8 Å². The smallest absolute Gasteiger partial charge is 0.236 e. The van der Waals surface area contributed by atoms with E-state index in [1.54, 1.807) is 36.4 Å². The molecular weight excluding hydrogens is 431 g/mol. The quantitative estimate of drug-likeness (QED) is 0.511. The van der Waals surface area contributed by atoms with Gasteiger partial charge in [0, 0.05) is 22.9 Å². The SMILES string of the molecule is CC[C@H](C)N1C(=O)[C@@H]2[C@H](C1=O)[C@@H](C(=O)c1ccccc1Cl)N1c3ccc(F)cc3C=C[C@@H]21. The number of hydrogen-bond acceptors (Lipinski definition) is 4. The number of fused-ring (bicyclic) bond motifs is 5. The molecule has 0 aliphatic carbocycles. The Morgan fingerprint density at radius 1 is 1.12 bits per heavy atom. The Morgan fingerprint density at radius 3 is 2.56 bits per heavy atom. The zero-order valence-electron chi connectivity index (χ0n) is 17.7. The van der Waals surface area contributed by atoms with Gasteiger partial charge in [-0.3, -0.25) is 19.3 Å². The highest BCUT2D eigenvalue weighted by Crippen LogP contribution is 2.49. The maximum atomic E-state index is 13.9. The number of hydrogen-bond donors (Lipinski definition) is 0. The number of nitrogens with zero attached hydrogens (tertiary/aromatic N) is 2. The van der Waals surface area contributed by atoms with E-state index in [4.69, 9.17) is 11.6 Å². The Labute approximate surface area is 190 Å². The Bertz CT molecular complexity index is 1180. The molecule has 0 saturated carbocycles. The Balaban J connectivity index is 1.68. The van der Waals surface area contributed by atoms with Crippen LogP contribution in [0.4, 0.5) is 10.1 Å². The van der Waals surface area contributed by atoms with Gasteiger partial charge in [-0.2, -0.15) is 0 Å². The molecule has 7 heteroatoms. The fraction of sp³-hybridized carbons (Fsp3) is 0.320. The number of ketones is 1. The van der Waals surface area contributed by atoms with Crippen LogP contribution in [0.3, 0.4) is 0 Å². The number of imide groups is 1. The molecule has 2 saturated heterocycles. The molecule has 0 aromatic heterocycles. The summed E-state index contributed by atoms with van der Waals surface area (Å²) in [4.78, 5) is 44.0. The van der Waals surface area contributed by atoms with Crippen LogP contribution in [-0.4, -0.2) is 40.6 Å². The molecule has 2 fully saturated rings. The van der Waals surface area contributed by atoms with E-state index in [-0.39, 0.29) is 23.6 Å². The molecule has 0 N–H and O–H groups in total. The van der Waals surface area contributed by atoms with Crippen molar-refractivity contribution in [3.63, 3.8) is 0 Å². The third-order valence-electron chi connectivity index (χ3n) is 6.94. The van der Waals surface area contributed by atoms with E-state index in [9.17, 15) is 18.8 Å². The van der Waals surface area contributed by atoms with Gasteiger partial charge >= 0.3 is 0 Å². The highest BCUT2D eigenvalue weighted by molar-refractivity contribution is 6.34. The van der Waals surface area contributed by atoms with E-state index in [0.29, 0.717) is 28.3 Å². The van der Waals surface area contributed by atoms with Gasteiger partial charge in [-0.25, -0.2) is 4.39 Å². The minimum absolute atomic E-state index is 0.251. The summed E-state index contributed by atoms with van der Waals surface area (Å²) in [5.41, 5.74) is 1.55. The van der Waals surface area contributed by atoms with Crippen molar-refractivity contribution in [1.82, 2.24) is 4.90 Å². The van der Waals surface area contributed by atoms with E-state index in [0.717, 1.165) is 0 Å². The first-order valence-corrected chi connectivity index (χ1v) is 11.1. The lowest BCUT2D eigenvalue weighted by Gasteiger charge is -2.37. The lowest BCUT2D eigenvalue weighted by molar-refractivity contribution is -0.142. The molecule has 2 aromatic rings. The molecule has 5 atom stereocenters. The van der Waals surface area contributed by atoms with Crippen LogP contribution in [0, 0.1) is 17.7 Å². The molecule has 0 bridgehead atoms. The highest BCUT2D eigenvalue weighted by Gasteiger charge is 2.64. The first-order chi connectivity index (χ1) is 15.3. The van der Waals surface area contributed by atoms with Crippen LogP contribution >= 0.6 is 11.6 Å². The van der Waals surface area contributed by atoms with Crippen LogP contribution in [0.25, 0.3) is 6.08 Å². The van der Waals surface area contributed by atoms with Gasteiger partial charge in [0.25, 0.3) is 0 Å². The van der Waals surface area contributed by atoms with Crippen molar-refractivity contribution < 1.29 is 18.8 Å². The normalized spacial score (nSPS) is 26.8. The summed E-state index contributed by atoms with van der Waals surface area (Å²) in [6.07, 6.45) is 4.21. The topological polar surface area (TPSA) is 57.7 Å². The van der Waals surface area contributed by atoms with Gasteiger partial charge in [-0.1, -0.05) is 42.8 Å². The minimum Gasteiger partial charge on any atom is -0.352 e. The molecule has 5 nitrogen and oxygen atoms in total. The van der Waals surface area contributed by atoms with E-state index in [1.165, 1.54) is 17.0 Å². The van der Waals surface area contributed by atoms with Gasteiger partial charge in [0.05, 0.1) is 22.9 Å². The number of carbonyl (C=O) groups excluding carboxylic acids is 3. The maximum Gasteiger partial charge on any atom is 0.236 e. The van der Waals surface area contributed by atoms with Gasteiger partial charge in [0.15, 0.2) is 5.78 Å². The van der Waals surface area contributed by atoms with Crippen molar-refractivity contribution in [3.05, 3.63) is 70.5 Å². The average molecular weight is 453 g/mol. The summed E-state index contributed by atoms with van der Waals surface area (Å²) in [5.74, 6) is -2.80. The zero-order valence-corrected chi connectivity index (χ0v) is 18.4. The molecule has 0 radical (unpaired) electrons. The lowest BCUT2D eigenvalue weighted by atomic mass is 9.86. The molecule has 32 heavy (non-hydrogen) atoms. The van der Waals surface area contributed by atoms with Crippen LogP contribution in [0.1, 0.15) is 36.2 Å². The Kier molecular flexibility index (Phi) is 4.93. The molecule has 2 aromatic carbocycles. The van der Waals surface area contributed by atoms with E-state index in [1.807, 2.05) is 24.8 Å². The van der Waals surface area contributed by atoms with Gasteiger partial charge in [0.1, 0.15) is 11.9 Å². The first-order valence-electron chi connectivity index (χ1n) is 10.8. The summed E-state index contributed by atoms with van der Waals surface area (Å²) in [6.45, 7) is 3.76. The molecule has 2 amide bonds. The van der Waals surface area contributed by atoms with E-state index >= 15 is 0 Å². The average Bonchev–Trinajstić information content (AvgIpc) is 3.26. The van der Waals surface area contributed by atoms with Crippen molar-refractivity contribution in [1.29, 1.82) is 0 Å². The van der Waals surface area contributed by atoms with Gasteiger partial charge in [-0.15, -0.1) is 0 Å². The van der Waals surface area contributed by atoms with Crippen molar-refractivity contribution in [2.24, 2.45) is 11.8 Å². The number of rotatable bonds is 4. The Morgan fingerprint density at radius 2 is 1.84 bits per heavy atom. The number of likely N-dealkylation sites (tertiary alicyclic amines) is 1. The van der Waals surface area contributed by atoms with Crippen molar-refractivity contribution in [2.75, 3.05) is 4.90 Å². The third kappa shape index (κ3) is 2.85. The van der Waals surface area contributed by atoms with E-state index < -0.39 is 29.7 Å². The molecule has 0 unspecified atom stereocenters. The van der Waals surface area contributed by atoms with Crippen LogP contribution < -0.4 is 4.90 Å².